The number of amides is 1. The molecule has 0 radical (unpaired) electrons. The molecule has 0 saturated heterocycles. The van der Waals surface area contributed by atoms with Gasteiger partial charge in [0, 0.05) is 17.8 Å². The fourth-order valence-corrected chi connectivity index (χ4v) is 3.76. The summed E-state index contributed by atoms with van der Waals surface area (Å²) in [6.45, 7) is 4.65. The van der Waals surface area contributed by atoms with E-state index in [1.54, 1.807) is 12.3 Å². The van der Waals surface area contributed by atoms with E-state index >= 15 is 0 Å². The van der Waals surface area contributed by atoms with Gasteiger partial charge in [0.15, 0.2) is 5.69 Å². The zero-order valence-corrected chi connectivity index (χ0v) is 14.9. The molecule has 0 spiro atoms. The van der Waals surface area contributed by atoms with Crippen molar-refractivity contribution in [2.75, 3.05) is 6.61 Å². The summed E-state index contributed by atoms with van der Waals surface area (Å²) in [5.74, 6) is -0.189. The summed E-state index contributed by atoms with van der Waals surface area (Å²) in [5, 5.41) is 2.53. The molecule has 0 atom stereocenters. The van der Waals surface area contributed by atoms with Crippen LogP contribution in [0.1, 0.15) is 74.3 Å². The van der Waals surface area contributed by atoms with Crippen LogP contribution < -0.4 is 0 Å². The number of nitrogens with zero attached hydrogens (tertiary/aromatic N) is 2. The Balaban J connectivity index is 2.07. The molecular weight excluding hydrogens is 312 g/mol. The highest BCUT2D eigenvalue weighted by molar-refractivity contribution is 7.09. The van der Waals surface area contributed by atoms with Crippen LogP contribution in [0.15, 0.2) is 5.38 Å². The number of hydrogen-bond acceptors (Lipinski definition) is 5. The lowest BCUT2D eigenvalue weighted by Crippen LogP contribution is -2.40. The van der Waals surface area contributed by atoms with Gasteiger partial charge in [0.25, 0.3) is 0 Å². The summed E-state index contributed by atoms with van der Waals surface area (Å²) in [4.78, 5) is 30.6. The summed E-state index contributed by atoms with van der Waals surface area (Å²) >= 11 is 1.43. The molecule has 0 unspecified atom stereocenters. The van der Waals surface area contributed by atoms with Gasteiger partial charge in [-0.25, -0.2) is 9.78 Å². The second-order valence-electron chi connectivity index (χ2n) is 5.91. The van der Waals surface area contributed by atoms with Crippen molar-refractivity contribution in [3.63, 3.8) is 0 Å². The summed E-state index contributed by atoms with van der Waals surface area (Å²) in [6, 6.07) is 0.317. The second kappa shape index (κ2) is 9.01. The third-order valence-corrected chi connectivity index (χ3v) is 4.98. The zero-order valence-electron chi connectivity index (χ0n) is 14.0. The lowest BCUT2D eigenvalue weighted by Gasteiger charge is -2.34. The first-order valence-electron chi connectivity index (χ1n) is 8.56. The Morgan fingerprint density at radius 2 is 2.04 bits per heavy atom. The maximum atomic E-state index is 12.5. The molecule has 0 aliphatic heterocycles. The Morgan fingerprint density at radius 1 is 1.30 bits per heavy atom. The lowest BCUT2D eigenvalue weighted by molar-refractivity contribution is -0.135. The van der Waals surface area contributed by atoms with Crippen LogP contribution in [0.2, 0.25) is 0 Å². The number of rotatable bonds is 7. The van der Waals surface area contributed by atoms with Crippen molar-refractivity contribution in [1.29, 1.82) is 0 Å². The molecule has 1 fully saturated rings. The van der Waals surface area contributed by atoms with Crippen LogP contribution in [0.4, 0.5) is 0 Å². The minimum atomic E-state index is -0.390. The van der Waals surface area contributed by atoms with E-state index in [0.29, 0.717) is 31.3 Å². The number of carbonyl (C=O) groups is 2. The molecule has 23 heavy (non-hydrogen) atoms. The minimum Gasteiger partial charge on any atom is -0.461 e. The van der Waals surface area contributed by atoms with Crippen LogP contribution >= 0.6 is 11.3 Å². The molecule has 1 aromatic rings. The van der Waals surface area contributed by atoms with E-state index < -0.39 is 0 Å². The second-order valence-corrected chi connectivity index (χ2v) is 6.85. The number of hydrogen-bond donors (Lipinski definition) is 0. The van der Waals surface area contributed by atoms with E-state index in [1.807, 2.05) is 11.8 Å². The first-order valence-corrected chi connectivity index (χ1v) is 9.44. The standard InChI is InChI=1S/C17H26N2O3S/c1-3-8-16(20)19(13-9-6-5-7-10-13)11-15-18-14(12-23-15)17(21)22-4-2/h12-13H,3-11H2,1-2H3. The highest BCUT2D eigenvalue weighted by atomic mass is 32.1. The van der Waals surface area contributed by atoms with E-state index in [2.05, 4.69) is 4.98 Å². The van der Waals surface area contributed by atoms with E-state index in [9.17, 15) is 9.59 Å². The third-order valence-electron chi connectivity index (χ3n) is 4.14. The molecule has 0 N–H and O–H groups in total. The van der Waals surface area contributed by atoms with Crippen LogP contribution in [-0.4, -0.2) is 34.4 Å². The molecule has 1 aliphatic rings. The van der Waals surface area contributed by atoms with E-state index in [4.69, 9.17) is 4.74 Å². The summed E-state index contributed by atoms with van der Waals surface area (Å²) in [6.07, 6.45) is 7.22. The van der Waals surface area contributed by atoms with Gasteiger partial charge in [-0.15, -0.1) is 11.3 Å². The monoisotopic (exact) mass is 338 g/mol. The average molecular weight is 338 g/mol. The number of thiazole rings is 1. The van der Waals surface area contributed by atoms with Crippen molar-refractivity contribution in [3.05, 3.63) is 16.1 Å². The fraction of sp³-hybridized carbons (Fsp3) is 0.706. The summed E-state index contributed by atoms with van der Waals surface area (Å²) in [5.41, 5.74) is 0.346. The van der Waals surface area contributed by atoms with Crippen molar-refractivity contribution in [2.24, 2.45) is 0 Å². The molecule has 0 bridgehead atoms. The van der Waals surface area contributed by atoms with Crippen molar-refractivity contribution in [2.45, 2.75) is 71.4 Å². The molecule has 6 heteroatoms. The highest BCUT2D eigenvalue weighted by Gasteiger charge is 2.26. The van der Waals surface area contributed by atoms with Crippen LogP contribution in [-0.2, 0) is 16.1 Å². The number of carbonyl (C=O) groups excluding carboxylic acids is 2. The Bertz CT molecular complexity index is 524. The molecule has 1 heterocycles. The molecule has 5 nitrogen and oxygen atoms in total. The Morgan fingerprint density at radius 3 is 2.70 bits per heavy atom. The molecule has 1 saturated carbocycles. The van der Waals surface area contributed by atoms with Gasteiger partial charge >= 0.3 is 5.97 Å². The smallest absolute Gasteiger partial charge is 0.357 e. The molecule has 128 valence electrons. The summed E-state index contributed by atoms with van der Waals surface area (Å²) < 4.78 is 4.97. The van der Waals surface area contributed by atoms with Gasteiger partial charge in [-0.3, -0.25) is 4.79 Å². The maximum absolute atomic E-state index is 12.5. The highest BCUT2D eigenvalue weighted by Crippen LogP contribution is 2.26. The van der Waals surface area contributed by atoms with Crippen molar-refractivity contribution in [1.82, 2.24) is 9.88 Å². The topological polar surface area (TPSA) is 59.5 Å². The molecule has 2 rings (SSSR count). The molecule has 0 aromatic carbocycles. The van der Waals surface area contributed by atoms with Gasteiger partial charge in [-0.1, -0.05) is 26.2 Å². The van der Waals surface area contributed by atoms with Gasteiger partial charge in [0.1, 0.15) is 5.01 Å². The molecule has 1 aliphatic carbocycles. The Hall–Kier alpha value is -1.43. The quantitative estimate of drug-likeness (QED) is 0.710. The minimum absolute atomic E-state index is 0.201. The predicted octanol–water partition coefficient (Wildman–Crippen LogP) is 3.78. The zero-order chi connectivity index (χ0) is 16.7. The maximum Gasteiger partial charge on any atom is 0.357 e. The fourth-order valence-electron chi connectivity index (χ4n) is 3.00. The first kappa shape index (κ1) is 17.9. The molecule has 1 aromatic heterocycles. The van der Waals surface area contributed by atoms with Gasteiger partial charge in [-0.2, -0.15) is 0 Å². The average Bonchev–Trinajstić information content (AvgIpc) is 3.02. The van der Waals surface area contributed by atoms with E-state index in [1.165, 1.54) is 30.6 Å². The Labute approximate surface area is 142 Å². The normalized spacial score (nSPS) is 15.4. The largest absolute Gasteiger partial charge is 0.461 e. The van der Waals surface area contributed by atoms with Gasteiger partial charge in [-0.05, 0) is 26.2 Å². The first-order chi connectivity index (χ1) is 11.2. The van der Waals surface area contributed by atoms with Crippen molar-refractivity contribution < 1.29 is 14.3 Å². The van der Waals surface area contributed by atoms with Crippen LogP contribution in [0, 0.1) is 0 Å². The lowest BCUT2D eigenvalue weighted by atomic mass is 9.94. The molecular formula is C17H26N2O3S. The Kier molecular flexibility index (Phi) is 7.02. The van der Waals surface area contributed by atoms with Gasteiger partial charge in [0.2, 0.25) is 5.91 Å². The number of esters is 1. The predicted molar refractivity (Wildman–Crippen MR) is 90.4 cm³/mol. The van der Waals surface area contributed by atoms with Gasteiger partial charge < -0.3 is 9.64 Å². The van der Waals surface area contributed by atoms with Crippen molar-refractivity contribution in [3.8, 4) is 0 Å². The number of aromatic nitrogens is 1. The van der Waals surface area contributed by atoms with Crippen LogP contribution in [0.25, 0.3) is 0 Å². The molecule has 1 amide bonds. The summed E-state index contributed by atoms with van der Waals surface area (Å²) in [7, 11) is 0. The SMILES string of the molecule is CCCC(=O)N(Cc1nc(C(=O)OCC)cs1)C1CCCCC1. The van der Waals surface area contributed by atoms with E-state index in [0.717, 1.165) is 24.3 Å². The van der Waals surface area contributed by atoms with Crippen LogP contribution in [0.5, 0.6) is 0 Å². The van der Waals surface area contributed by atoms with Crippen LogP contribution in [0.3, 0.4) is 0 Å². The third kappa shape index (κ3) is 5.03. The van der Waals surface area contributed by atoms with Crippen molar-refractivity contribution >= 4 is 23.2 Å². The number of ether oxygens (including phenoxy) is 1. The van der Waals surface area contributed by atoms with Gasteiger partial charge in [0.05, 0.1) is 13.2 Å². The van der Waals surface area contributed by atoms with E-state index in [-0.39, 0.29) is 11.9 Å².